The highest BCUT2D eigenvalue weighted by Gasteiger charge is 2.65. The van der Waals surface area contributed by atoms with E-state index in [0.717, 1.165) is 0 Å². The number of rotatable bonds is 1. The summed E-state index contributed by atoms with van der Waals surface area (Å²) in [6.07, 6.45) is 0.828. The Morgan fingerprint density at radius 1 is 1.58 bits per heavy atom. The van der Waals surface area contributed by atoms with Crippen LogP contribution in [-0.2, 0) is 9.53 Å². The molecule has 0 radical (unpaired) electrons. The zero-order valence-corrected chi connectivity index (χ0v) is 6.49. The fourth-order valence-corrected chi connectivity index (χ4v) is 1.98. The molecule has 0 aromatic rings. The van der Waals surface area contributed by atoms with Gasteiger partial charge in [0.15, 0.2) is 5.60 Å². The van der Waals surface area contributed by atoms with E-state index in [1.165, 1.54) is 0 Å². The molecular formula is C7H11NO4. The lowest BCUT2D eigenvalue weighted by Crippen LogP contribution is -2.59. The number of carbonyl (C=O) groups excluding carboxylic acids is 1. The average Bonchev–Trinajstić information content (AvgIpc) is 2.42. The Labute approximate surface area is 69.1 Å². The Morgan fingerprint density at radius 3 is 2.50 bits per heavy atom. The van der Waals surface area contributed by atoms with Crippen LogP contribution in [0.3, 0.4) is 0 Å². The van der Waals surface area contributed by atoms with Crippen LogP contribution >= 0.6 is 0 Å². The molecule has 2 saturated heterocycles. The molecule has 0 aromatic heterocycles. The number of carbonyl (C=O) groups is 1. The van der Waals surface area contributed by atoms with Gasteiger partial charge in [0.25, 0.3) is 5.91 Å². The minimum atomic E-state index is -1.88. The Balaban J connectivity index is 2.35. The van der Waals surface area contributed by atoms with Crippen molar-refractivity contribution in [2.75, 3.05) is 0 Å². The van der Waals surface area contributed by atoms with Crippen LogP contribution in [0.15, 0.2) is 0 Å². The van der Waals surface area contributed by atoms with Gasteiger partial charge in [-0.15, -0.1) is 0 Å². The van der Waals surface area contributed by atoms with Crippen molar-refractivity contribution >= 4 is 5.91 Å². The first-order valence-corrected chi connectivity index (χ1v) is 3.90. The van der Waals surface area contributed by atoms with Crippen molar-refractivity contribution in [1.29, 1.82) is 0 Å². The standard InChI is InChI=1S/C7H11NO4/c8-5(9)6(10)3-4-1-2-7(6,11)12-4/h4,10-11H,1-3H2,(H2,8,9). The second kappa shape index (κ2) is 1.99. The van der Waals surface area contributed by atoms with E-state index in [2.05, 4.69) is 0 Å². The van der Waals surface area contributed by atoms with Crippen molar-refractivity contribution in [3.63, 3.8) is 0 Å². The Kier molecular flexibility index (Phi) is 1.32. The third-order valence-electron chi connectivity index (χ3n) is 2.74. The zero-order valence-electron chi connectivity index (χ0n) is 6.49. The smallest absolute Gasteiger partial charge is 0.255 e. The summed E-state index contributed by atoms with van der Waals surface area (Å²) in [5, 5.41) is 19.3. The average molecular weight is 173 g/mol. The highest BCUT2D eigenvalue weighted by molar-refractivity contribution is 5.85. The summed E-state index contributed by atoms with van der Waals surface area (Å²) in [4.78, 5) is 10.9. The SMILES string of the molecule is NC(=O)C1(O)CC2CCC1(O)O2. The maximum Gasteiger partial charge on any atom is 0.255 e. The molecule has 5 heteroatoms. The molecule has 2 heterocycles. The van der Waals surface area contributed by atoms with Crippen molar-refractivity contribution in [3.05, 3.63) is 0 Å². The van der Waals surface area contributed by atoms with Crippen LogP contribution < -0.4 is 5.73 Å². The van der Waals surface area contributed by atoms with Crippen molar-refractivity contribution in [1.82, 2.24) is 0 Å². The van der Waals surface area contributed by atoms with Gasteiger partial charge < -0.3 is 20.7 Å². The maximum atomic E-state index is 10.9. The molecule has 12 heavy (non-hydrogen) atoms. The van der Waals surface area contributed by atoms with Gasteiger partial charge in [-0.25, -0.2) is 0 Å². The molecule has 2 rings (SSSR count). The number of fused-ring (bicyclic) bond motifs is 2. The lowest BCUT2D eigenvalue weighted by Gasteiger charge is -2.32. The molecule has 4 N–H and O–H groups in total. The Morgan fingerprint density at radius 2 is 2.25 bits per heavy atom. The Bertz CT molecular complexity index is 244. The summed E-state index contributed by atoms with van der Waals surface area (Å²) < 4.78 is 5.04. The summed E-state index contributed by atoms with van der Waals surface area (Å²) in [5.41, 5.74) is 3.10. The second-order valence-electron chi connectivity index (χ2n) is 3.49. The van der Waals surface area contributed by atoms with Crippen LogP contribution in [0.1, 0.15) is 19.3 Å². The Hall–Kier alpha value is -0.650. The van der Waals surface area contributed by atoms with E-state index in [9.17, 15) is 15.0 Å². The molecular weight excluding hydrogens is 162 g/mol. The third kappa shape index (κ3) is 0.708. The minimum Gasteiger partial charge on any atom is -0.375 e. The molecule has 68 valence electrons. The molecule has 0 spiro atoms. The quantitative estimate of drug-likeness (QED) is 0.448. The molecule has 2 aliphatic rings. The van der Waals surface area contributed by atoms with Crippen LogP contribution in [0, 0.1) is 0 Å². The van der Waals surface area contributed by atoms with Gasteiger partial charge in [0.1, 0.15) is 0 Å². The molecule has 1 amide bonds. The summed E-state index contributed by atoms with van der Waals surface area (Å²) >= 11 is 0. The first kappa shape index (κ1) is 7.97. The summed E-state index contributed by atoms with van der Waals surface area (Å²) in [6.45, 7) is 0. The largest absolute Gasteiger partial charge is 0.375 e. The topological polar surface area (TPSA) is 92.8 Å². The minimum absolute atomic E-state index is 0.110. The zero-order chi connectivity index (χ0) is 8.98. The van der Waals surface area contributed by atoms with Crippen LogP contribution in [0.25, 0.3) is 0 Å². The molecule has 3 atom stereocenters. The van der Waals surface area contributed by atoms with Gasteiger partial charge in [0.2, 0.25) is 5.79 Å². The molecule has 5 nitrogen and oxygen atoms in total. The molecule has 2 bridgehead atoms. The first-order chi connectivity index (χ1) is 5.48. The van der Waals surface area contributed by atoms with Crippen LogP contribution in [-0.4, -0.2) is 33.6 Å². The number of nitrogens with two attached hydrogens (primary N) is 1. The van der Waals surface area contributed by atoms with Gasteiger partial charge in [0.05, 0.1) is 6.10 Å². The predicted octanol–water partition coefficient (Wildman–Crippen LogP) is -1.53. The van der Waals surface area contributed by atoms with Gasteiger partial charge >= 0.3 is 0 Å². The summed E-state index contributed by atoms with van der Waals surface area (Å²) in [7, 11) is 0. The van der Waals surface area contributed by atoms with Crippen LogP contribution in [0.5, 0.6) is 0 Å². The van der Waals surface area contributed by atoms with Crippen molar-refractivity contribution in [3.8, 4) is 0 Å². The van der Waals surface area contributed by atoms with E-state index in [1.54, 1.807) is 0 Å². The van der Waals surface area contributed by atoms with Gasteiger partial charge in [0, 0.05) is 12.8 Å². The predicted molar refractivity (Wildman–Crippen MR) is 37.8 cm³/mol. The lowest BCUT2D eigenvalue weighted by atomic mass is 9.81. The van der Waals surface area contributed by atoms with E-state index in [-0.39, 0.29) is 18.9 Å². The number of ether oxygens (including phenoxy) is 1. The molecule has 2 aliphatic heterocycles. The van der Waals surface area contributed by atoms with Gasteiger partial charge in [-0.3, -0.25) is 4.79 Å². The van der Waals surface area contributed by atoms with Crippen molar-refractivity contribution in [2.24, 2.45) is 5.73 Å². The van der Waals surface area contributed by atoms with E-state index in [1.807, 2.05) is 0 Å². The number of hydrogen-bond acceptors (Lipinski definition) is 4. The summed E-state index contributed by atoms with van der Waals surface area (Å²) in [5.74, 6) is -2.64. The van der Waals surface area contributed by atoms with E-state index >= 15 is 0 Å². The lowest BCUT2D eigenvalue weighted by molar-refractivity contribution is -0.236. The van der Waals surface area contributed by atoms with Gasteiger partial charge in [-0.2, -0.15) is 0 Å². The number of primary amides is 1. The fraction of sp³-hybridized carbons (Fsp3) is 0.857. The normalized spacial score (nSPS) is 51.3. The van der Waals surface area contributed by atoms with Crippen LogP contribution in [0.4, 0.5) is 0 Å². The molecule has 3 unspecified atom stereocenters. The number of amides is 1. The number of aliphatic hydroxyl groups is 2. The van der Waals surface area contributed by atoms with Gasteiger partial charge in [-0.05, 0) is 6.42 Å². The van der Waals surface area contributed by atoms with Crippen LogP contribution in [0.2, 0.25) is 0 Å². The van der Waals surface area contributed by atoms with E-state index in [4.69, 9.17) is 10.5 Å². The first-order valence-electron chi connectivity index (χ1n) is 3.90. The van der Waals surface area contributed by atoms with E-state index in [0.29, 0.717) is 6.42 Å². The molecule has 0 saturated carbocycles. The highest BCUT2D eigenvalue weighted by atomic mass is 16.7. The van der Waals surface area contributed by atoms with E-state index < -0.39 is 17.3 Å². The number of hydrogen-bond donors (Lipinski definition) is 3. The second-order valence-corrected chi connectivity index (χ2v) is 3.49. The summed E-state index contributed by atoms with van der Waals surface area (Å²) in [6, 6.07) is 0. The monoisotopic (exact) mass is 173 g/mol. The van der Waals surface area contributed by atoms with Gasteiger partial charge in [-0.1, -0.05) is 0 Å². The van der Waals surface area contributed by atoms with Crippen molar-refractivity contribution in [2.45, 2.75) is 36.8 Å². The maximum absolute atomic E-state index is 10.9. The molecule has 0 aromatic carbocycles. The fourth-order valence-electron chi connectivity index (χ4n) is 1.98. The third-order valence-corrected chi connectivity index (χ3v) is 2.74. The molecule has 2 fully saturated rings. The molecule has 0 aliphatic carbocycles. The highest BCUT2D eigenvalue weighted by Crippen LogP contribution is 2.48. The van der Waals surface area contributed by atoms with Crippen molar-refractivity contribution < 1.29 is 19.7 Å².